The summed E-state index contributed by atoms with van der Waals surface area (Å²) in [6.45, 7) is 4.94. The summed E-state index contributed by atoms with van der Waals surface area (Å²) < 4.78 is 22.4. The van der Waals surface area contributed by atoms with Crippen LogP contribution in [0.5, 0.6) is 0 Å². The molecule has 0 bridgehead atoms. The molecule has 1 aromatic rings. The molecule has 26 heavy (non-hydrogen) atoms. The molecular weight excluding hydrogens is 356 g/mol. The summed E-state index contributed by atoms with van der Waals surface area (Å²) in [5.41, 5.74) is 0.458. The number of nitrogens with one attached hydrogen (secondary N) is 3. The molecule has 0 aliphatic carbocycles. The average molecular weight is 378 g/mol. The molecule has 1 amide bonds. The molecule has 0 atom stereocenters. The van der Waals surface area contributed by atoms with Crippen LogP contribution in [0.4, 0.5) is 5.69 Å². The van der Waals surface area contributed by atoms with Crippen molar-refractivity contribution in [3.05, 3.63) is 36.0 Å². The number of piperazine rings is 1. The van der Waals surface area contributed by atoms with E-state index in [-0.39, 0.29) is 10.5 Å². The van der Waals surface area contributed by atoms with E-state index in [0.717, 1.165) is 32.7 Å². The smallest absolute Gasteiger partial charge is 0.263 e. The summed E-state index contributed by atoms with van der Waals surface area (Å²) >= 11 is 0. The number of sulfonamides is 1. The number of carbonyl (C=O) groups is 1. The lowest BCUT2D eigenvalue weighted by atomic mass is 10.2. The molecule has 1 aromatic carbocycles. The molecule has 0 aromatic heterocycles. The van der Waals surface area contributed by atoms with E-state index in [1.165, 1.54) is 30.5 Å². The number of nitriles is 1. The summed E-state index contributed by atoms with van der Waals surface area (Å²) in [4.78, 5) is 14.3. The van der Waals surface area contributed by atoms with Gasteiger partial charge in [-0.2, -0.15) is 5.26 Å². The van der Waals surface area contributed by atoms with Crippen molar-refractivity contribution in [1.29, 1.82) is 5.26 Å². The monoisotopic (exact) mass is 378 g/mol. The van der Waals surface area contributed by atoms with Gasteiger partial charge in [-0.1, -0.05) is 0 Å². The highest BCUT2D eigenvalue weighted by molar-refractivity contribution is 7.89. The molecule has 140 valence electrons. The van der Waals surface area contributed by atoms with Crippen LogP contribution in [0.3, 0.4) is 0 Å². The standard InChI is InChI=1S/C16H22N6O3S/c17-11-13(16(23)20-7-10-22-8-5-19-6-9-22)12-21-14-1-3-15(4-2-14)26(18,24)25/h1-4,12,19,21H,5-10H2,(H,20,23)(H2,18,24,25)/b13-12-. The van der Waals surface area contributed by atoms with Crippen LogP contribution >= 0.6 is 0 Å². The van der Waals surface area contributed by atoms with Crippen LogP contribution in [0.1, 0.15) is 0 Å². The fourth-order valence-electron chi connectivity index (χ4n) is 2.40. The molecule has 9 nitrogen and oxygen atoms in total. The molecule has 1 heterocycles. The minimum atomic E-state index is -3.76. The predicted octanol–water partition coefficient (Wildman–Crippen LogP) is -0.825. The first-order valence-electron chi connectivity index (χ1n) is 8.11. The third-order valence-corrected chi connectivity index (χ3v) is 4.78. The Morgan fingerprint density at radius 1 is 1.31 bits per heavy atom. The van der Waals surface area contributed by atoms with E-state index in [2.05, 4.69) is 20.9 Å². The Balaban J connectivity index is 1.86. The van der Waals surface area contributed by atoms with Crippen LogP contribution < -0.4 is 21.1 Å². The number of nitrogens with two attached hydrogens (primary N) is 1. The van der Waals surface area contributed by atoms with Crippen molar-refractivity contribution in [2.75, 3.05) is 44.6 Å². The Hall–Kier alpha value is -2.45. The lowest BCUT2D eigenvalue weighted by molar-refractivity contribution is -0.117. The van der Waals surface area contributed by atoms with Crippen molar-refractivity contribution >= 4 is 21.6 Å². The molecule has 0 saturated carbocycles. The van der Waals surface area contributed by atoms with Gasteiger partial charge in [-0.3, -0.25) is 9.69 Å². The topological polar surface area (TPSA) is 140 Å². The van der Waals surface area contributed by atoms with Gasteiger partial charge in [0, 0.05) is 51.2 Å². The average Bonchev–Trinajstić information content (AvgIpc) is 2.63. The van der Waals surface area contributed by atoms with E-state index in [9.17, 15) is 13.2 Å². The van der Waals surface area contributed by atoms with Crippen LogP contribution in [0.2, 0.25) is 0 Å². The summed E-state index contributed by atoms with van der Waals surface area (Å²) in [6, 6.07) is 7.51. The molecule has 1 saturated heterocycles. The molecule has 0 unspecified atom stereocenters. The number of primary sulfonamides is 1. The molecule has 10 heteroatoms. The summed E-state index contributed by atoms with van der Waals surface area (Å²) in [6.07, 6.45) is 1.28. The Morgan fingerprint density at radius 3 is 2.54 bits per heavy atom. The molecule has 5 N–H and O–H groups in total. The van der Waals surface area contributed by atoms with E-state index >= 15 is 0 Å². The predicted molar refractivity (Wildman–Crippen MR) is 97.5 cm³/mol. The molecule has 2 rings (SSSR count). The van der Waals surface area contributed by atoms with Gasteiger partial charge in [-0.05, 0) is 24.3 Å². The molecular formula is C16H22N6O3S. The Morgan fingerprint density at radius 2 is 1.96 bits per heavy atom. The third kappa shape index (κ3) is 6.12. The SMILES string of the molecule is N#C/C(=C/Nc1ccc(S(N)(=O)=O)cc1)C(=O)NCCN1CCNCC1. The normalized spacial score (nSPS) is 15.9. The molecule has 0 radical (unpaired) electrons. The van der Waals surface area contributed by atoms with E-state index in [1.54, 1.807) is 0 Å². The zero-order valence-electron chi connectivity index (χ0n) is 14.2. The van der Waals surface area contributed by atoms with Gasteiger partial charge in [0.1, 0.15) is 11.6 Å². The Labute approximate surface area is 152 Å². The second-order valence-electron chi connectivity index (χ2n) is 5.73. The fraction of sp³-hybridized carbons (Fsp3) is 0.375. The lowest BCUT2D eigenvalue weighted by Gasteiger charge is -2.27. The van der Waals surface area contributed by atoms with Crippen molar-refractivity contribution in [2.24, 2.45) is 5.14 Å². The van der Waals surface area contributed by atoms with Crippen LogP contribution in [-0.2, 0) is 14.8 Å². The Bertz CT molecular complexity index is 792. The zero-order valence-corrected chi connectivity index (χ0v) is 15.1. The number of hydrogen-bond donors (Lipinski definition) is 4. The van der Waals surface area contributed by atoms with Crippen LogP contribution in [0.25, 0.3) is 0 Å². The summed E-state index contributed by atoms with van der Waals surface area (Å²) in [5.74, 6) is -0.462. The largest absolute Gasteiger partial charge is 0.360 e. The number of hydrogen-bond acceptors (Lipinski definition) is 7. The van der Waals surface area contributed by atoms with E-state index < -0.39 is 15.9 Å². The molecule has 1 fully saturated rings. The van der Waals surface area contributed by atoms with Gasteiger partial charge in [0.05, 0.1) is 4.90 Å². The van der Waals surface area contributed by atoms with Crippen LogP contribution in [-0.4, -0.2) is 58.5 Å². The lowest BCUT2D eigenvalue weighted by Crippen LogP contribution is -2.46. The van der Waals surface area contributed by atoms with Gasteiger partial charge in [0.25, 0.3) is 5.91 Å². The number of rotatable bonds is 7. The van der Waals surface area contributed by atoms with Gasteiger partial charge < -0.3 is 16.0 Å². The van der Waals surface area contributed by atoms with Crippen molar-refractivity contribution in [2.45, 2.75) is 4.90 Å². The van der Waals surface area contributed by atoms with E-state index in [4.69, 9.17) is 10.4 Å². The van der Waals surface area contributed by atoms with E-state index in [1.807, 2.05) is 6.07 Å². The highest BCUT2D eigenvalue weighted by Crippen LogP contribution is 2.13. The van der Waals surface area contributed by atoms with Crippen molar-refractivity contribution in [1.82, 2.24) is 15.5 Å². The van der Waals surface area contributed by atoms with Crippen LogP contribution in [0, 0.1) is 11.3 Å². The fourth-order valence-corrected chi connectivity index (χ4v) is 2.92. The van der Waals surface area contributed by atoms with Gasteiger partial charge in [-0.25, -0.2) is 13.6 Å². The Kier molecular flexibility index (Phi) is 7.11. The van der Waals surface area contributed by atoms with Crippen molar-refractivity contribution in [3.8, 4) is 6.07 Å². The van der Waals surface area contributed by atoms with Crippen molar-refractivity contribution in [3.63, 3.8) is 0 Å². The molecule has 1 aliphatic heterocycles. The first-order valence-corrected chi connectivity index (χ1v) is 9.66. The zero-order chi connectivity index (χ0) is 19.0. The number of amides is 1. The first-order chi connectivity index (χ1) is 12.4. The van der Waals surface area contributed by atoms with Gasteiger partial charge in [0.2, 0.25) is 10.0 Å². The third-order valence-electron chi connectivity index (χ3n) is 3.85. The maximum atomic E-state index is 12.1. The number of benzene rings is 1. The van der Waals surface area contributed by atoms with E-state index in [0.29, 0.717) is 12.2 Å². The number of nitrogens with zero attached hydrogens (tertiary/aromatic N) is 2. The van der Waals surface area contributed by atoms with Crippen LogP contribution in [0.15, 0.2) is 40.9 Å². The summed E-state index contributed by atoms with van der Waals surface area (Å²) in [5, 5.41) is 22.9. The quantitative estimate of drug-likeness (QED) is 0.359. The maximum Gasteiger partial charge on any atom is 0.263 e. The maximum absolute atomic E-state index is 12.1. The number of carbonyl (C=O) groups excluding carboxylic acids is 1. The summed E-state index contributed by atoms with van der Waals surface area (Å²) in [7, 11) is -3.76. The molecule has 0 spiro atoms. The second-order valence-corrected chi connectivity index (χ2v) is 7.29. The van der Waals surface area contributed by atoms with Gasteiger partial charge in [0.15, 0.2) is 0 Å². The highest BCUT2D eigenvalue weighted by atomic mass is 32.2. The minimum Gasteiger partial charge on any atom is -0.360 e. The first kappa shape index (κ1) is 19.9. The number of anilines is 1. The minimum absolute atomic E-state index is 0.0156. The second kappa shape index (κ2) is 9.30. The van der Waals surface area contributed by atoms with Crippen molar-refractivity contribution < 1.29 is 13.2 Å². The highest BCUT2D eigenvalue weighted by Gasteiger charge is 2.12. The van der Waals surface area contributed by atoms with Gasteiger partial charge in [-0.15, -0.1) is 0 Å². The van der Waals surface area contributed by atoms with Gasteiger partial charge >= 0.3 is 0 Å². The molecule has 1 aliphatic rings.